The van der Waals surface area contributed by atoms with Crippen LogP contribution in [0.2, 0.25) is 0 Å². The summed E-state index contributed by atoms with van der Waals surface area (Å²) in [6, 6.07) is 11.9. The van der Waals surface area contributed by atoms with Crippen LogP contribution in [-0.2, 0) is 19.5 Å². The second-order valence-electron chi connectivity index (χ2n) is 7.45. The predicted octanol–water partition coefficient (Wildman–Crippen LogP) is 3.00. The summed E-state index contributed by atoms with van der Waals surface area (Å²) in [6.45, 7) is 6.41. The van der Waals surface area contributed by atoms with Crippen LogP contribution < -0.4 is 20.0 Å². The Labute approximate surface area is 164 Å². The van der Waals surface area contributed by atoms with Gasteiger partial charge in [0.15, 0.2) is 0 Å². The Morgan fingerprint density at radius 1 is 1.21 bits per heavy atom. The number of hydrogen-bond donors (Lipinski definition) is 1. The first-order chi connectivity index (χ1) is 13.6. The van der Waals surface area contributed by atoms with Gasteiger partial charge in [-0.25, -0.2) is 4.79 Å². The van der Waals surface area contributed by atoms with Crippen LogP contribution in [0, 0.1) is 6.92 Å². The molecule has 1 aromatic heterocycles. The fourth-order valence-corrected chi connectivity index (χ4v) is 4.06. The Balaban J connectivity index is 1.68. The summed E-state index contributed by atoms with van der Waals surface area (Å²) < 4.78 is 17.0. The highest BCUT2D eigenvalue weighted by Gasteiger charge is 2.25. The molecular formula is C23H26NO4+. The van der Waals surface area contributed by atoms with Crippen molar-refractivity contribution in [2.45, 2.75) is 39.8 Å². The molecule has 1 aliphatic heterocycles. The Bertz CT molecular complexity index is 1070. The summed E-state index contributed by atoms with van der Waals surface area (Å²) in [5.74, 6) is 1.73. The van der Waals surface area contributed by atoms with Crippen LogP contribution in [0.5, 0.6) is 11.5 Å². The Hall–Kier alpha value is -2.79. The van der Waals surface area contributed by atoms with Crippen molar-refractivity contribution in [3.05, 3.63) is 69.1 Å². The number of rotatable bonds is 5. The van der Waals surface area contributed by atoms with E-state index < -0.39 is 0 Å². The van der Waals surface area contributed by atoms with Gasteiger partial charge in [0.1, 0.15) is 30.2 Å². The largest absolute Gasteiger partial charge is 0.497 e. The van der Waals surface area contributed by atoms with Crippen molar-refractivity contribution in [1.82, 2.24) is 0 Å². The van der Waals surface area contributed by atoms with Crippen LogP contribution in [0.3, 0.4) is 0 Å². The van der Waals surface area contributed by atoms with Gasteiger partial charge in [-0.3, -0.25) is 4.90 Å². The number of aryl methyl sites for hydroxylation is 2. The molecule has 0 radical (unpaired) electrons. The molecule has 2 heterocycles. The van der Waals surface area contributed by atoms with E-state index in [1.54, 1.807) is 13.2 Å². The number of quaternary nitrogens is 1. The lowest BCUT2D eigenvalue weighted by Crippen LogP contribution is -3.10. The minimum Gasteiger partial charge on any atom is -0.497 e. The van der Waals surface area contributed by atoms with Gasteiger partial charge in [-0.05, 0) is 37.1 Å². The van der Waals surface area contributed by atoms with E-state index in [0.717, 1.165) is 53.9 Å². The lowest BCUT2D eigenvalue weighted by Gasteiger charge is -2.28. The fourth-order valence-electron chi connectivity index (χ4n) is 4.06. The molecule has 0 bridgehead atoms. The molecule has 1 unspecified atom stereocenters. The van der Waals surface area contributed by atoms with E-state index in [2.05, 4.69) is 25.1 Å². The lowest BCUT2D eigenvalue weighted by molar-refractivity contribution is -0.945. The molecule has 0 spiro atoms. The third-order valence-electron chi connectivity index (χ3n) is 5.35. The number of benzene rings is 2. The molecular weight excluding hydrogens is 354 g/mol. The molecule has 0 amide bonds. The van der Waals surface area contributed by atoms with Crippen LogP contribution >= 0.6 is 0 Å². The van der Waals surface area contributed by atoms with E-state index in [-0.39, 0.29) is 5.63 Å². The van der Waals surface area contributed by atoms with Gasteiger partial charge in [0.25, 0.3) is 0 Å². The first kappa shape index (κ1) is 18.6. The lowest BCUT2D eigenvalue weighted by atomic mass is 9.98. The first-order valence-electron chi connectivity index (χ1n) is 9.77. The maximum absolute atomic E-state index is 12.0. The molecule has 0 fully saturated rings. The highest BCUT2D eigenvalue weighted by molar-refractivity contribution is 5.86. The van der Waals surface area contributed by atoms with Crippen LogP contribution in [-0.4, -0.2) is 13.8 Å². The van der Waals surface area contributed by atoms with Crippen molar-refractivity contribution in [1.29, 1.82) is 0 Å². The molecule has 1 aliphatic rings. The molecule has 5 heteroatoms. The third kappa shape index (κ3) is 3.50. The highest BCUT2D eigenvalue weighted by Crippen LogP contribution is 2.33. The fraction of sp³-hybridized carbons (Fsp3) is 0.348. The number of hydrogen-bond acceptors (Lipinski definition) is 4. The second kappa shape index (κ2) is 7.68. The standard InChI is InChI=1S/C23H25NO4/c1-4-6-17-11-21(25)28-23-15(2)22-18(10-20(17)23)13-24(14-27-22)12-16-7-5-8-19(9-16)26-3/h5,7-11H,4,6,12-14H2,1-3H3/p+1. The summed E-state index contributed by atoms with van der Waals surface area (Å²) in [6.07, 6.45) is 1.85. The van der Waals surface area contributed by atoms with Gasteiger partial charge in [0.05, 0.1) is 7.11 Å². The molecule has 4 rings (SSSR count). The van der Waals surface area contributed by atoms with E-state index >= 15 is 0 Å². The summed E-state index contributed by atoms with van der Waals surface area (Å²) in [7, 11) is 1.69. The molecule has 0 saturated heterocycles. The Morgan fingerprint density at radius 3 is 2.86 bits per heavy atom. The second-order valence-corrected chi connectivity index (χ2v) is 7.45. The molecule has 2 aromatic carbocycles. The van der Waals surface area contributed by atoms with Crippen LogP contribution in [0.1, 0.15) is 35.6 Å². The average molecular weight is 380 g/mol. The number of ether oxygens (including phenoxy) is 2. The molecule has 28 heavy (non-hydrogen) atoms. The van der Waals surface area contributed by atoms with Crippen molar-refractivity contribution < 1.29 is 18.8 Å². The first-order valence-corrected chi connectivity index (χ1v) is 9.77. The minimum atomic E-state index is -0.292. The summed E-state index contributed by atoms with van der Waals surface area (Å²) in [5.41, 5.74) is 4.73. The van der Waals surface area contributed by atoms with E-state index in [1.807, 2.05) is 19.1 Å². The monoisotopic (exact) mass is 380 g/mol. The smallest absolute Gasteiger partial charge is 0.336 e. The zero-order chi connectivity index (χ0) is 19.7. The third-order valence-corrected chi connectivity index (χ3v) is 5.35. The molecule has 0 saturated carbocycles. The number of nitrogens with one attached hydrogen (secondary N) is 1. The molecule has 1 atom stereocenters. The van der Waals surface area contributed by atoms with Gasteiger partial charge >= 0.3 is 5.63 Å². The quantitative estimate of drug-likeness (QED) is 0.692. The van der Waals surface area contributed by atoms with Crippen molar-refractivity contribution in [3.63, 3.8) is 0 Å². The normalized spacial score (nSPS) is 15.9. The summed E-state index contributed by atoms with van der Waals surface area (Å²) in [5, 5.41) is 1.03. The van der Waals surface area contributed by atoms with Gasteiger partial charge in [-0.15, -0.1) is 0 Å². The molecule has 0 aliphatic carbocycles. The zero-order valence-electron chi connectivity index (χ0n) is 16.6. The van der Waals surface area contributed by atoms with Crippen LogP contribution in [0.15, 0.2) is 45.6 Å². The maximum Gasteiger partial charge on any atom is 0.336 e. The van der Waals surface area contributed by atoms with Gasteiger partial charge in [0, 0.05) is 28.1 Å². The molecule has 5 nitrogen and oxygen atoms in total. The molecule has 3 aromatic rings. The van der Waals surface area contributed by atoms with Crippen molar-refractivity contribution in [3.8, 4) is 11.5 Å². The average Bonchev–Trinajstić information content (AvgIpc) is 2.69. The van der Waals surface area contributed by atoms with Gasteiger partial charge in [-0.2, -0.15) is 0 Å². The van der Waals surface area contributed by atoms with Gasteiger partial charge < -0.3 is 13.9 Å². The molecule has 146 valence electrons. The number of fused-ring (bicyclic) bond motifs is 2. The van der Waals surface area contributed by atoms with Crippen LogP contribution in [0.25, 0.3) is 11.0 Å². The summed E-state index contributed by atoms with van der Waals surface area (Å²) >= 11 is 0. The van der Waals surface area contributed by atoms with Crippen LogP contribution in [0.4, 0.5) is 0 Å². The SMILES string of the molecule is CCCc1cc(=O)oc2c(C)c3c(cc12)C[NH+](Cc1cccc(OC)c1)CO3. The number of methoxy groups -OCH3 is 1. The van der Waals surface area contributed by atoms with Crippen molar-refractivity contribution in [2.75, 3.05) is 13.8 Å². The van der Waals surface area contributed by atoms with Gasteiger partial charge in [-0.1, -0.05) is 25.5 Å². The topological polar surface area (TPSA) is 53.1 Å². The minimum absolute atomic E-state index is 0.292. The summed E-state index contributed by atoms with van der Waals surface area (Å²) in [4.78, 5) is 13.3. The zero-order valence-corrected chi connectivity index (χ0v) is 16.6. The predicted molar refractivity (Wildman–Crippen MR) is 108 cm³/mol. The maximum atomic E-state index is 12.0. The van der Waals surface area contributed by atoms with E-state index in [9.17, 15) is 4.79 Å². The van der Waals surface area contributed by atoms with E-state index in [1.165, 1.54) is 16.0 Å². The van der Waals surface area contributed by atoms with E-state index in [4.69, 9.17) is 13.9 Å². The van der Waals surface area contributed by atoms with E-state index in [0.29, 0.717) is 12.3 Å². The van der Waals surface area contributed by atoms with Gasteiger partial charge in [0.2, 0.25) is 6.73 Å². The molecule has 1 N–H and O–H groups in total. The van der Waals surface area contributed by atoms with Crippen molar-refractivity contribution >= 4 is 11.0 Å². The highest BCUT2D eigenvalue weighted by atomic mass is 16.5. The Morgan fingerprint density at radius 2 is 2.07 bits per heavy atom. The van der Waals surface area contributed by atoms with Crippen molar-refractivity contribution in [2.24, 2.45) is 0 Å². The Kier molecular flexibility index (Phi) is 5.09.